The number of hydrogen-bond acceptors (Lipinski definition) is 5. The third kappa shape index (κ3) is 4.76. The molecule has 1 N–H and O–H groups in total. The lowest BCUT2D eigenvalue weighted by Gasteiger charge is -2.26. The highest BCUT2D eigenvalue weighted by atomic mass is 16.5. The van der Waals surface area contributed by atoms with Crippen LogP contribution in [0, 0.1) is 6.92 Å². The summed E-state index contributed by atoms with van der Waals surface area (Å²) in [5, 5.41) is 2.74. The van der Waals surface area contributed by atoms with E-state index in [2.05, 4.69) is 10.3 Å². The predicted molar refractivity (Wildman–Crippen MR) is 103 cm³/mol. The Morgan fingerprint density at radius 1 is 1.32 bits per heavy atom. The minimum atomic E-state index is -0.280. The molecule has 0 saturated carbocycles. The van der Waals surface area contributed by atoms with Gasteiger partial charge in [0.05, 0.1) is 25.1 Å². The molecule has 3 rings (SSSR count). The summed E-state index contributed by atoms with van der Waals surface area (Å²) in [5.41, 5.74) is 2.07. The van der Waals surface area contributed by atoms with E-state index in [0.717, 1.165) is 11.3 Å². The summed E-state index contributed by atoms with van der Waals surface area (Å²) in [5.74, 6) is 0.436. The molecule has 0 unspecified atom stereocenters. The molecule has 0 radical (unpaired) electrons. The molecule has 8 heteroatoms. The van der Waals surface area contributed by atoms with Crippen molar-refractivity contribution in [3.8, 4) is 5.75 Å². The van der Waals surface area contributed by atoms with Crippen LogP contribution in [0.3, 0.4) is 0 Å². The van der Waals surface area contributed by atoms with E-state index in [1.165, 1.54) is 17.8 Å². The van der Waals surface area contributed by atoms with Crippen molar-refractivity contribution in [1.82, 2.24) is 19.8 Å². The molecule has 148 valence electrons. The number of nitrogens with one attached hydrogen (secondary N) is 1. The zero-order valence-electron chi connectivity index (χ0n) is 16.1. The third-order valence-corrected chi connectivity index (χ3v) is 4.63. The van der Waals surface area contributed by atoms with Gasteiger partial charge in [-0.3, -0.25) is 19.0 Å². The number of aryl methyl sites for hydroxylation is 1. The van der Waals surface area contributed by atoms with Gasteiger partial charge in [0, 0.05) is 19.0 Å². The van der Waals surface area contributed by atoms with Crippen LogP contribution in [-0.2, 0) is 29.1 Å². The molecule has 1 aromatic carbocycles. The van der Waals surface area contributed by atoms with E-state index in [0.29, 0.717) is 43.9 Å². The molecule has 0 saturated heterocycles. The van der Waals surface area contributed by atoms with Crippen molar-refractivity contribution >= 4 is 11.8 Å². The van der Waals surface area contributed by atoms with E-state index >= 15 is 0 Å². The van der Waals surface area contributed by atoms with Crippen molar-refractivity contribution < 1.29 is 14.3 Å². The van der Waals surface area contributed by atoms with Crippen molar-refractivity contribution in [2.45, 2.75) is 33.4 Å². The van der Waals surface area contributed by atoms with E-state index in [9.17, 15) is 14.4 Å². The molecular weight excluding hydrogens is 360 g/mol. The van der Waals surface area contributed by atoms with Gasteiger partial charge in [0.15, 0.2) is 0 Å². The van der Waals surface area contributed by atoms with E-state index in [-0.39, 0.29) is 23.9 Å². The van der Waals surface area contributed by atoms with Gasteiger partial charge in [-0.05, 0) is 31.0 Å². The van der Waals surface area contributed by atoms with Crippen LogP contribution in [0.2, 0.25) is 0 Å². The first-order valence-corrected chi connectivity index (χ1v) is 9.23. The lowest BCUT2D eigenvalue weighted by atomic mass is 10.1. The number of aromatic nitrogens is 2. The maximum absolute atomic E-state index is 12.6. The number of fused-ring (bicyclic) bond motifs is 1. The van der Waals surface area contributed by atoms with Gasteiger partial charge in [0.2, 0.25) is 11.8 Å². The first-order chi connectivity index (χ1) is 13.4. The normalized spacial score (nSPS) is 13.0. The number of ether oxygens (including phenoxy) is 1. The zero-order chi connectivity index (χ0) is 20.1. The van der Waals surface area contributed by atoms with Crippen LogP contribution in [-0.4, -0.2) is 46.0 Å². The Morgan fingerprint density at radius 2 is 2.14 bits per heavy atom. The highest BCUT2D eigenvalue weighted by Crippen LogP contribution is 2.13. The molecule has 0 aliphatic carbocycles. The minimum Gasteiger partial charge on any atom is -0.492 e. The molecule has 2 amide bonds. The SMILES string of the molecule is CC(=O)N1CCc2c(ncn(CC(=O)NCCOc3cccc(C)c3)c2=O)C1. The molecule has 2 aromatic rings. The highest BCUT2D eigenvalue weighted by Gasteiger charge is 2.22. The van der Waals surface area contributed by atoms with Gasteiger partial charge < -0.3 is 15.0 Å². The van der Waals surface area contributed by atoms with Crippen LogP contribution in [0.4, 0.5) is 0 Å². The summed E-state index contributed by atoms with van der Waals surface area (Å²) < 4.78 is 6.89. The van der Waals surface area contributed by atoms with Crippen LogP contribution in [0.25, 0.3) is 0 Å². The summed E-state index contributed by atoms with van der Waals surface area (Å²) in [7, 11) is 0. The Hall–Kier alpha value is -3.16. The van der Waals surface area contributed by atoms with Crippen LogP contribution in [0.1, 0.15) is 23.7 Å². The Labute approximate surface area is 163 Å². The number of nitrogens with zero attached hydrogens (tertiary/aromatic N) is 3. The van der Waals surface area contributed by atoms with Gasteiger partial charge in [-0.25, -0.2) is 4.98 Å². The number of rotatable bonds is 6. The monoisotopic (exact) mass is 384 g/mol. The van der Waals surface area contributed by atoms with Gasteiger partial charge in [-0.2, -0.15) is 0 Å². The molecule has 1 aromatic heterocycles. The summed E-state index contributed by atoms with van der Waals surface area (Å²) in [6.07, 6.45) is 1.82. The van der Waals surface area contributed by atoms with E-state index in [4.69, 9.17) is 4.74 Å². The van der Waals surface area contributed by atoms with Crippen molar-refractivity contribution in [2.24, 2.45) is 0 Å². The van der Waals surface area contributed by atoms with Gasteiger partial charge in [-0.15, -0.1) is 0 Å². The molecule has 2 heterocycles. The maximum Gasteiger partial charge on any atom is 0.257 e. The Bertz CT molecular complexity index is 938. The summed E-state index contributed by atoms with van der Waals surface area (Å²) >= 11 is 0. The number of hydrogen-bond donors (Lipinski definition) is 1. The molecule has 0 bridgehead atoms. The summed E-state index contributed by atoms with van der Waals surface area (Å²) in [6, 6.07) is 7.68. The number of benzene rings is 1. The van der Waals surface area contributed by atoms with Gasteiger partial charge >= 0.3 is 0 Å². The van der Waals surface area contributed by atoms with Gasteiger partial charge in [0.1, 0.15) is 18.9 Å². The Kier molecular flexibility index (Phi) is 6.08. The molecule has 0 fully saturated rings. The fourth-order valence-electron chi connectivity index (χ4n) is 3.12. The number of carbonyl (C=O) groups is 2. The first-order valence-electron chi connectivity index (χ1n) is 9.23. The molecule has 1 aliphatic heterocycles. The third-order valence-electron chi connectivity index (χ3n) is 4.63. The average molecular weight is 384 g/mol. The largest absolute Gasteiger partial charge is 0.492 e. The lowest BCUT2D eigenvalue weighted by molar-refractivity contribution is -0.129. The topological polar surface area (TPSA) is 93.5 Å². The molecule has 8 nitrogen and oxygen atoms in total. The van der Waals surface area contributed by atoms with Crippen molar-refractivity contribution in [2.75, 3.05) is 19.7 Å². The van der Waals surface area contributed by atoms with Crippen molar-refractivity contribution in [3.63, 3.8) is 0 Å². The smallest absolute Gasteiger partial charge is 0.257 e. The maximum atomic E-state index is 12.6. The van der Waals surface area contributed by atoms with Crippen LogP contribution in [0.15, 0.2) is 35.4 Å². The lowest BCUT2D eigenvalue weighted by Crippen LogP contribution is -2.41. The Balaban J connectivity index is 1.52. The second kappa shape index (κ2) is 8.69. The standard InChI is InChI=1S/C20H24N4O4/c1-14-4-3-5-16(10-14)28-9-7-21-19(26)12-24-13-22-18-11-23(15(2)25)8-6-17(18)20(24)27/h3-5,10,13H,6-9,11-12H2,1-2H3,(H,21,26). The van der Waals surface area contributed by atoms with Gasteiger partial charge in [-0.1, -0.05) is 12.1 Å². The predicted octanol–water partition coefficient (Wildman–Crippen LogP) is 0.652. The van der Waals surface area contributed by atoms with Crippen LogP contribution < -0.4 is 15.6 Å². The second-order valence-corrected chi connectivity index (χ2v) is 6.81. The molecule has 28 heavy (non-hydrogen) atoms. The van der Waals surface area contributed by atoms with Crippen molar-refractivity contribution in [3.05, 3.63) is 57.8 Å². The van der Waals surface area contributed by atoms with E-state index < -0.39 is 0 Å². The zero-order valence-corrected chi connectivity index (χ0v) is 16.1. The average Bonchev–Trinajstić information content (AvgIpc) is 2.67. The van der Waals surface area contributed by atoms with Gasteiger partial charge in [0.25, 0.3) is 5.56 Å². The fourth-order valence-corrected chi connectivity index (χ4v) is 3.12. The summed E-state index contributed by atoms with van der Waals surface area (Å²) in [6.45, 7) is 4.89. The first kappa shape index (κ1) is 19.6. The van der Waals surface area contributed by atoms with Crippen molar-refractivity contribution in [1.29, 1.82) is 0 Å². The molecular formula is C20H24N4O4. The Morgan fingerprint density at radius 3 is 2.89 bits per heavy atom. The number of carbonyl (C=O) groups excluding carboxylic acids is 2. The molecule has 0 atom stereocenters. The number of amides is 2. The second-order valence-electron chi connectivity index (χ2n) is 6.81. The van der Waals surface area contributed by atoms with E-state index in [1.807, 2.05) is 31.2 Å². The van der Waals surface area contributed by atoms with Crippen LogP contribution in [0.5, 0.6) is 5.75 Å². The fraction of sp³-hybridized carbons (Fsp3) is 0.400. The minimum absolute atomic E-state index is 0.0381. The quantitative estimate of drug-likeness (QED) is 0.738. The van der Waals surface area contributed by atoms with E-state index in [1.54, 1.807) is 4.90 Å². The summed E-state index contributed by atoms with van der Waals surface area (Å²) in [4.78, 5) is 42.1. The molecule has 0 spiro atoms. The van der Waals surface area contributed by atoms with Crippen LogP contribution >= 0.6 is 0 Å². The molecule has 1 aliphatic rings. The highest BCUT2D eigenvalue weighted by molar-refractivity contribution is 5.75.